The first-order chi connectivity index (χ1) is 10.4. The number of aryl methyl sites for hydroxylation is 1. The predicted octanol–water partition coefficient (Wildman–Crippen LogP) is 3.55. The van der Waals surface area contributed by atoms with E-state index in [1.54, 1.807) is 7.11 Å². The number of anilines is 1. The Morgan fingerprint density at radius 1 is 1.41 bits per heavy atom. The van der Waals surface area contributed by atoms with Crippen LogP contribution in [-0.2, 0) is 11.3 Å². The van der Waals surface area contributed by atoms with E-state index in [-0.39, 0.29) is 11.8 Å². The molecule has 1 amide bonds. The Labute approximate surface area is 138 Å². The molecule has 1 heterocycles. The maximum atomic E-state index is 12.4. The fourth-order valence-electron chi connectivity index (χ4n) is 2.20. The van der Waals surface area contributed by atoms with Crippen molar-refractivity contribution in [1.29, 1.82) is 0 Å². The van der Waals surface area contributed by atoms with Crippen molar-refractivity contribution >= 4 is 27.5 Å². The zero-order valence-corrected chi connectivity index (χ0v) is 14.8. The van der Waals surface area contributed by atoms with Crippen LogP contribution >= 0.6 is 15.9 Å². The monoisotopic (exact) mass is 365 g/mol. The van der Waals surface area contributed by atoms with Crippen molar-refractivity contribution in [1.82, 2.24) is 9.78 Å². The Morgan fingerprint density at radius 2 is 2.09 bits per heavy atom. The highest BCUT2D eigenvalue weighted by Gasteiger charge is 2.18. The van der Waals surface area contributed by atoms with Crippen molar-refractivity contribution in [3.63, 3.8) is 0 Å². The van der Waals surface area contributed by atoms with E-state index in [0.29, 0.717) is 18.0 Å². The Morgan fingerprint density at radius 3 is 2.68 bits per heavy atom. The Kier molecular flexibility index (Phi) is 5.24. The molecule has 0 radical (unpaired) electrons. The predicted molar refractivity (Wildman–Crippen MR) is 90.2 cm³/mol. The molecule has 1 atom stereocenters. The Balaban J connectivity index is 2.07. The fraction of sp³-hybridized carbons (Fsp3) is 0.375. The van der Waals surface area contributed by atoms with Crippen LogP contribution in [0.25, 0.3) is 0 Å². The minimum Gasteiger partial charge on any atom is -0.495 e. The van der Waals surface area contributed by atoms with Gasteiger partial charge >= 0.3 is 0 Å². The molecular weight excluding hydrogens is 346 g/mol. The van der Waals surface area contributed by atoms with E-state index in [1.807, 2.05) is 49.7 Å². The van der Waals surface area contributed by atoms with Gasteiger partial charge in [0.2, 0.25) is 5.91 Å². The van der Waals surface area contributed by atoms with Gasteiger partial charge in [0.05, 0.1) is 35.4 Å². The maximum absolute atomic E-state index is 12.4. The molecule has 6 heteroatoms. The molecule has 1 aromatic carbocycles. The topological polar surface area (TPSA) is 56.1 Å². The molecule has 1 N–H and O–H groups in total. The van der Waals surface area contributed by atoms with Crippen LogP contribution in [0.4, 0.5) is 5.69 Å². The van der Waals surface area contributed by atoms with Gasteiger partial charge in [-0.2, -0.15) is 5.10 Å². The van der Waals surface area contributed by atoms with E-state index in [2.05, 4.69) is 26.3 Å². The largest absolute Gasteiger partial charge is 0.495 e. The van der Waals surface area contributed by atoms with Gasteiger partial charge in [-0.25, -0.2) is 0 Å². The van der Waals surface area contributed by atoms with E-state index in [4.69, 9.17) is 4.74 Å². The number of carbonyl (C=O) groups excluding carboxylic acids is 1. The first kappa shape index (κ1) is 16.5. The third-order valence-corrected chi connectivity index (χ3v) is 4.70. The summed E-state index contributed by atoms with van der Waals surface area (Å²) in [5, 5.41) is 7.34. The summed E-state index contributed by atoms with van der Waals surface area (Å²) < 4.78 is 8.09. The van der Waals surface area contributed by atoms with Crippen LogP contribution < -0.4 is 10.1 Å². The summed E-state index contributed by atoms with van der Waals surface area (Å²) in [6.45, 7) is 6.33. The van der Waals surface area contributed by atoms with Gasteiger partial charge in [-0.15, -0.1) is 0 Å². The lowest BCUT2D eigenvalue weighted by atomic mass is 10.1. The fourth-order valence-corrected chi connectivity index (χ4v) is 2.48. The number of rotatable bonds is 5. The van der Waals surface area contributed by atoms with Crippen molar-refractivity contribution in [2.24, 2.45) is 5.92 Å². The summed E-state index contributed by atoms with van der Waals surface area (Å²) in [5.41, 5.74) is 2.63. The summed E-state index contributed by atoms with van der Waals surface area (Å²) in [5.74, 6) is 0.375. The van der Waals surface area contributed by atoms with Gasteiger partial charge in [-0.1, -0.05) is 19.1 Å². The quantitative estimate of drug-likeness (QED) is 0.881. The number of ether oxygens (including phenoxy) is 1. The van der Waals surface area contributed by atoms with Crippen LogP contribution in [0.3, 0.4) is 0 Å². The SMILES string of the molecule is COc1ccccc1NC(=O)[C@@H](C)Cn1nc(C)c(Br)c1C. The van der Waals surface area contributed by atoms with Crippen LogP contribution in [0, 0.1) is 19.8 Å². The number of halogens is 1. The van der Waals surface area contributed by atoms with Gasteiger partial charge in [-0.3, -0.25) is 9.48 Å². The van der Waals surface area contributed by atoms with Gasteiger partial charge < -0.3 is 10.1 Å². The van der Waals surface area contributed by atoms with Crippen LogP contribution in [0.5, 0.6) is 5.75 Å². The number of benzene rings is 1. The summed E-state index contributed by atoms with van der Waals surface area (Å²) >= 11 is 3.50. The third kappa shape index (κ3) is 3.50. The van der Waals surface area contributed by atoms with Crippen LogP contribution in [0.15, 0.2) is 28.7 Å². The van der Waals surface area contributed by atoms with Crippen LogP contribution in [-0.4, -0.2) is 22.8 Å². The molecule has 0 aliphatic rings. The number of hydrogen-bond acceptors (Lipinski definition) is 3. The molecule has 22 heavy (non-hydrogen) atoms. The van der Waals surface area contributed by atoms with Gasteiger partial charge in [-0.05, 0) is 41.9 Å². The first-order valence-electron chi connectivity index (χ1n) is 7.07. The highest BCUT2D eigenvalue weighted by atomic mass is 79.9. The van der Waals surface area contributed by atoms with Gasteiger partial charge in [0.15, 0.2) is 0 Å². The van der Waals surface area contributed by atoms with Crippen molar-refractivity contribution < 1.29 is 9.53 Å². The van der Waals surface area contributed by atoms with Crippen molar-refractivity contribution in [2.75, 3.05) is 12.4 Å². The van der Waals surface area contributed by atoms with E-state index in [1.165, 1.54) is 0 Å². The second kappa shape index (κ2) is 6.96. The maximum Gasteiger partial charge on any atom is 0.229 e. The number of nitrogens with one attached hydrogen (secondary N) is 1. The number of hydrogen-bond donors (Lipinski definition) is 1. The molecule has 1 aromatic heterocycles. The van der Waals surface area contributed by atoms with E-state index in [9.17, 15) is 4.79 Å². The lowest BCUT2D eigenvalue weighted by Gasteiger charge is -2.15. The van der Waals surface area contributed by atoms with E-state index in [0.717, 1.165) is 15.9 Å². The second-order valence-corrected chi connectivity index (χ2v) is 6.05. The van der Waals surface area contributed by atoms with E-state index < -0.39 is 0 Å². The minimum absolute atomic E-state index is 0.0619. The highest BCUT2D eigenvalue weighted by molar-refractivity contribution is 9.10. The molecule has 0 saturated carbocycles. The molecular formula is C16H20BrN3O2. The summed E-state index contributed by atoms with van der Waals surface area (Å²) in [7, 11) is 1.59. The summed E-state index contributed by atoms with van der Waals surface area (Å²) in [6.07, 6.45) is 0. The number of para-hydroxylation sites is 2. The average molecular weight is 366 g/mol. The third-order valence-electron chi connectivity index (χ3n) is 3.55. The smallest absolute Gasteiger partial charge is 0.229 e. The van der Waals surface area contributed by atoms with Crippen molar-refractivity contribution in [3.8, 4) is 5.75 Å². The first-order valence-corrected chi connectivity index (χ1v) is 7.86. The number of methoxy groups -OCH3 is 1. The zero-order chi connectivity index (χ0) is 16.3. The standard InChI is InChI=1S/C16H20BrN3O2/c1-10(9-20-12(3)15(17)11(2)19-20)16(21)18-13-7-5-6-8-14(13)22-4/h5-8,10H,9H2,1-4H3,(H,18,21)/t10-/m0/s1. The molecule has 2 aromatic rings. The van der Waals surface area contributed by atoms with Crippen molar-refractivity contribution in [3.05, 3.63) is 40.1 Å². The lowest BCUT2D eigenvalue weighted by Crippen LogP contribution is -2.25. The normalized spacial score (nSPS) is 12.0. The number of amides is 1. The molecule has 0 spiro atoms. The number of aromatic nitrogens is 2. The molecule has 0 unspecified atom stereocenters. The Hall–Kier alpha value is -1.82. The zero-order valence-electron chi connectivity index (χ0n) is 13.2. The van der Waals surface area contributed by atoms with E-state index >= 15 is 0 Å². The molecule has 118 valence electrons. The van der Waals surface area contributed by atoms with Crippen LogP contribution in [0.2, 0.25) is 0 Å². The molecule has 0 aliphatic heterocycles. The van der Waals surface area contributed by atoms with Gasteiger partial charge in [0, 0.05) is 5.69 Å². The molecule has 2 rings (SSSR count). The molecule has 0 saturated heterocycles. The Bertz CT molecular complexity index is 682. The number of carbonyl (C=O) groups is 1. The molecule has 0 fully saturated rings. The molecule has 0 bridgehead atoms. The summed E-state index contributed by atoms with van der Waals surface area (Å²) in [6, 6.07) is 7.37. The molecule has 5 nitrogen and oxygen atoms in total. The van der Waals surface area contributed by atoms with Crippen molar-refractivity contribution in [2.45, 2.75) is 27.3 Å². The number of nitrogens with zero attached hydrogens (tertiary/aromatic N) is 2. The second-order valence-electron chi connectivity index (χ2n) is 5.26. The lowest BCUT2D eigenvalue weighted by molar-refractivity contribution is -0.119. The van der Waals surface area contributed by atoms with Gasteiger partial charge in [0.25, 0.3) is 0 Å². The highest BCUT2D eigenvalue weighted by Crippen LogP contribution is 2.24. The minimum atomic E-state index is -0.213. The summed E-state index contributed by atoms with van der Waals surface area (Å²) in [4.78, 5) is 12.4. The van der Waals surface area contributed by atoms with Crippen LogP contribution in [0.1, 0.15) is 18.3 Å². The molecule has 0 aliphatic carbocycles. The van der Waals surface area contributed by atoms with Gasteiger partial charge in [0.1, 0.15) is 5.75 Å². The average Bonchev–Trinajstić information content (AvgIpc) is 2.75.